The number of rotatable bonds is 4. The van der Waals surface area contributed by atoms with Crippen molar-refractivity contribution in [1.82, 2.24) is 4.90 Å². The van der Waals surface area contributed by atoms with E-state index in [2.05, 4.69) is 24.4 Å². The Balaban J connectivity index is 1.76. The summed E-state index contributed by atoms with van der Waals surface area (Å²) in [4.78, 5) is 31.6. The average molecular weight is 410 g/mol. The van der Waals surface area contributed by atoms with Gasteiger partial charge in [0.15, 0.2) is 5.17 Å². The van der Waals surface area contributed by atoms with E-state index in [0.29, 0.717) is 5.17 Å². The van der Waals surface area contributed by atoms with Gasteiger partial charge in [-0.1, -0.05) is 47.7 Å². The molecule has 5 nitrogen and oxygen atoms in total. The van der Waals surface area contributed by atoms with Gasteiger partial charge in [0.25, 0.3) is 0 Å². The Bertz CT molecular complexity index is 970. The third-order valence-corrected chi connectivity index (χ3v) is 6.33. The molecule has 0 radical (unpaired) electrons. The van der Waals surface area contributed by atoms with Gasteiger partial charge in [-0.2, -0.15) is 0 Å². The van der Waals surface area contributed by atoms with E-state index in [9.17, 15) is 9.59 Å². The molecule has 29 heavy (non-hydrogen) atoms. The third kappa shape index (κ3) is 4.53. The number of benzene rings is 2. The standard InChI is InChI=1S/C23H27N3O2S/c1-13-10-16(4)21(17(5)11-13)25-23-26(6)22(28)18(29-23)12-19(27)24-20-14(2)8-7-9-15(20)3/h7-11,18H,12H2,1-6H3,(H,24,27)/t18-/m1/s1. The number of para-hydroxylation sites is 1. The van der Waals surface area contributed by atoms with E-state index in [1.54, 1.807) is 11.9 Å². The summed E-state index contributed by atoms with van der Waals surface area (Å²) in [6.45, 7) is 10.0. The monoisotopic (exact) mass is 409 g/mol. The Labute approximate surface area is 176 Å². The Hall–Kier alpha value is -2.60. The summed E-state index contributed by atoms with van der Waals surface area (Å²) < 4.78 is 0. The SMILES string of the molecule is Cc1cc(C)c(N=C2S[C@H](CC(=O)Nc3c(C)cccc3C)C(=O)N2C)c(C)c1. The maximum atomic E-state index is 12.7. The van der Waals surface area contributed by atoms with E-state index >= 15 is 0 Å². The van der Waals surface area contributed by atoms with Crippen LogP contribution in [0.3, 0.4) is 0 Å². The molecular formula is C23H27N3O2S. The zero-order chi connectivity index (χ0) is 21.3. The molecule has 1 N–H and O–H groups in total. The second-order valence-corrected chi connectivity index (χ2v) is 8.83. The number of carbonyl (C=O) groups is 2. The minimum Gasteiger partial charge on any atom is -0.326 e. The Kier molecular flexibility index (Phi) is 6.13. The lowest BCUT2D eigenvalue weighted by Gasteiger charge is -2.13. The van der Waals surface area contributed by atoms with Crippen LogP contribution < -0.4 is 5.32 Å². The van der Waals surface area contributed by atoms with Gasteiger partial charge in [-0.3, -0.25) is 14.5 Å². The first-order valence-corrected chi connectivity index (χ1v) is 10.5. The van der Waals surface area contributed by atoms with Crippen LogP contribution >= 0.6 is 11.8 Å². The lowest BCUT2D eigenvalue weighted by Crippen LogP contribution is -2.30. The van der Waals surface area contributed by atoms with E-state index in [1.165, 1.54) is 17.3 Å². The highest BCUT2D eigenvalue weighted by Crippen LogP contribution is 2.33. The van der Waals surface area contributed by atoms with E-state index in [1.807, 2.05) is 45.9 Å². The first-order chi connectivity index (χ1) is 13.7. The zero-order valence-corrected chi connectivity index (χ0v) is 18.6. The number of amidine groups is 1. The molecule has 0 aromatic heterocycles. The minimum atomic E-state index is -0.464. The number of nitrogens with one attached hydrogen (secondary N) is 1. The highest BCUT2D eigenvalue weighted by Gasteiger charge is 2.37. The normalized spacial score (nSPS) is 17.9. The summed E-state index contributed by atoms with van der Waals surface area (Å²) in [7, 11) is 1.72. The van der Waals surface area contributed by atoms with Crippen LogP contribution in [0.2, 0.25) is 0 Å². The summed E-state index contributed by atoms with van der Waals surface area (Å²) in [6.07, 6.45) is 0.118. The van der Waals surface area contributed by atoms with Crippen LogP contribution in [0.1, 0.15) is 34.2 Å². The second kappa shape index (κ2) is 8.41. The van der Waals surface area contributed by atoms with Crippen molar-refractivity contribution >= 4 is 40.1 Å². The second-order valence-electron chi connectivity index (χ2n) is 7.66. The number of anilines is 1. The van der Waals surface area contributed by atoms with Crippen molar-refractivity contribution in [2.75, 3.05) is 12.4 Å². The molecule has 2 amide bonds. The van der Waals surface area contributed by atoms with Crippen LogP contribution in [-0.4, -0.2) is 34.2 Å². The van der Waals surface area contributed by atoms with Gasteiger partial charge in [0.05, 0.1) is 5.69 Å². The van der Waals surface area contributed by atoms with Gasteiger partial charge in [-0.05, 0) is 56.9 Å². The first-order valence-electron chi connectivity index (χ1n) is 9.64. The summed E-state index contributed by atoms with van der Waals surface area (Å²) in [5.41, 5.74) is 7.07. The van der Waals surface area contributed by atoms with E-state index < -0.39 is 5.25 Å². The molecule has 3 rings (SSSR count). The first kappa shape index (κ1) is 21.1. The molecule has 1 heterocycles. The highest BCUT2D eigenvalue weighted by atomic mass is 32.2. The van der Waals surface area contributed by atoms with Crippen molar-refractivity contribution < 1.29 is 9.59 Å². The van der Waals surface area contributed by atoms with Crippen LogP contribution in [0.4, 0.5) is 11.4 Å². The molecular weight excluding hydrogens is 382 g/mol. The minimum absolute atomic E-state index is 0.0900. The Morgan fingerprint density at radius 2 is 1.66 bits per heavy atom. The van der Waals surface area contributed by atoms with Gasteiger partial charge in [0, 0.05) is 19.2 Å². The van der Waals surface area contributed by atoms with Crippen molar-refractivity contribution in [3.63, 3.8) is 0 Å². The zero-order valence-electron chi connectivity index (χ0n) is 17.8. The smallest absolute Gasteiger partial charge is 0.242 e. The van der Waals surface area contributed by atoms with Gasteiger partial charge in [-0.15, -0.1) is 0 Å². The number of hydrogen-bond acceptors (Lipinski definition) is 4. The Morgan fingerprint density at radius 1 is 1.07 bits per heavy atom. The van der Waals surface area contributed by atoms with Crippen molar-refractivity contribution in [2.45, 2.75) is 46.3 Å². The lowest BCUT2D eigenvalue weighted by atomic mass is 10.1. The predicted octanol–water partition coefficient (Wildman–Crippen LogP) is 4.82. The quantitative estimate of drug-likeness (QED) is 0.788. The van der Waals surface area contributed by atoms with E-state index in [4.69, 9.17) is 4.99 Å². The fourth-order valence-electron chi connectivity index (χ4n) is 3.61. The van der Waals surface area contributed by atoms with Crippen molar-refractivity contribution in [3.8, 4) is 0 Å². The molecule has 0 saturated carbocycles. The maximum Gasteiger partial charge on any atom is 0.242 e. The van der Waals surface area contributed by atoms with Crippen LogP contribution in [0, 0.1) is 34.6 Å². The molecule has 152 valence electrons. The average Bonchev–Trinajstić information content (AvgIpc) is 2.89. The van der Waals surface area contributed by atoms with E-state index in [-0.39, 0.29) is 18.2 Å². The summed E-state index contributed by atoms with van der Waals surface area (Å²) >= 11 is 1.36. The lowest BCUT2D eigenvalue weighted by molar-refractivity contribution is -0.127. The number of thioether (sulfide) groups is 1. The number of carbonyl (C=O) groups excluding carboxylic acids is 2. The molecule has 2 aromatic carbocycles. The molecule has 0 spiro atoms. The molecule has 6 heteroatoms. The molecule has 1 fully saturated rings. The fraction of sp³-hybridized carbons (Fsp3) is 0.348. The molecule has 1 aliphatic rings. The number of amides is 2. The topological polar surface area (TPSA) is 61.8 Å². The molecule has 2 aromatic rings. The number of aliphatic imine (C=N–C) groups is 1. The molecule has 1 saturated heterocycles. The maximum absolute atomic E-state index is 12.7. The molecule has 1 atom stereocenters. The fourth-order valence-corrected chi connectivity index (χ4v) is 4.75. The molecule has 0 bridgehead atoms. The summed E-state index contributed by atoms with van der Waals surface area (Å²) in [5.74, 6) is -0.251. The predicted molar refractivity (Wildman–Crippen MR) is 121 cm³/mol. The highest BCUT2D eigenvalue weighted by molar-refractivity contribution is 8.15. The van der Waals surface area contributed by atoms with Crippen LogP contribution in [0.5, 0.6) is 0 Å². The number of hydrogen-bond donors (Lipinski definition) is 1. The van der Waals surface area contributed by atoms with Crippen LogP contribution in [-0.2, 0) is 9.59 Å². The van der Waals surface area contributed by atoms with Gasteiger partial charge < -0.3 is 5.32 Å². The largest absolute Gasteiger partial charge is 0.326 e. The van der Waals surface area contributed by atoms with Crippen molar-refractivity contribution in [2.24, 2.45) is 4.99 Å². The van der Waals surface area contributed by atoms with Crippen LogP contribution in [0.15, 0.2) is 35.3 Å². The van der Waals surface area contributed by atoms with Crippen molar-refractivity contribution in [3.05, 3.63) is 58.1 Å². The Morgan fingerprint density at radius 3 is 2.24 bits per heavy atom. The molecule has 1 aliphatic heterocycles. The van der Waals surface area contributed by atoms with Gasteiger partial charge in [0.2, 0.25) is 11.8 Å². The molecule has 0 unspecified atom stereocenters. The number of nitrogens with zero attached hydrogens (tertiary/aromatic N) is 2. The van der Waals surface area contributed by atoms with E-state index in [0.717, 1.165) is 33.6 Å². The summed E-state index contributed by atoms with van der Waals surface area (Å²) in [6, 6.07) is 10.1. The molecule has 0 aliphatic carbocycles. The van der Waals surface area contributed by atoms with Gasteiger partial charge in [0.1, 0.15) is 5.25 Å². The van der Waals surface area contributed by atoms with Crippen molar-refractivity contribution in [1.29, 1.82) is 0 Å². The third-order valence-electron chi connectivity index (χ3n) is 5.10. The summed E-state index contributed by atoms with van der Waals surface area (Å²) in [5, 5.41) is 3.14. The number of aryl methyl sites for hydroxylation is 5. The van der Waals surface area contributed by atoms with Gasteiger partial charge >= 0.3 is 0 Å². The van der Waals surface area contributed by atoms with Crippen LogP contribution in [0.25, 0.3) is 0 Å². The van der Waals surface area contributed by atoms with Gasteiger partial charge in [-0.25, -0.2) is 4.99 Å².